The van der Waals surface area contributed by atoms with Crippen molar-refractivity contribution in [1.82, 2.24) is 0 Å². The Morgan fingerprint density at radius 1 is 1.03 bits per heavy atom. The van der Waals surface area contributed by atoms with E-state index in [1.807, 2.05) is 37.3 Å². The van der Waals surface area contributed by atoms with Crippen molar-refractivity contribution in [2.24, 2.45) is 0 Å². The van der Waals surface area contributed by atoms with Crippen molar-refractivity contribution in [2.45, 2.75) is 50.8 Å². The van der Waals surface area contributed by atoms with Crippen LogP contribution >= 0.6 is 11.3 Å². The van der Waals surface area contributed by atoms with E-state index >= 15 is 0 Å². The SMILES string of the molecule is CC(=O)OC[C@@H]1O[C@@H](c2ccc(C)c(Cc3ccc(-c4ccc(F)cc4)s3)c2)[C@H](O)[C@@H](O)[C@@H]1O. The highest BCUT2D eigenvalue weighted by Crippen LogP contribution is 2.35. The van der Waals surface area contributed by atoms with Gasteiger partial charge in [0, 0.05) is 23.1 Å². The van der Waals surface area contributed by atoms with Crippen molar-refractivity contribution in [3.63, 3.8) is 0 Å². The van der Waals surface area contributed by atoms with Crippen LogP contribution in [0.15, 0.2) is 54.6 Å². The molecule has 6 nitrogen and oxygen atoms in total. The molecule has 0 amide bonds. The lowest BCUT2D eigenvalue weighted by Crippen LogP contribution is -2.55. The number of carbonyl (C=O) groups excluding carboxylic acids is 1. The summed E-state index contributed by atoms with van der Waals surface area (Å²) in [5.74, 6) is -0.797. The average Bonchev–Trinajstić information content (AvgIpc) is 3.27. The second-order valence-electron chi connectivity index (χ2n) is 8.51. The predicted molar refractivity (Wildman–Crippen MR) is 126 cm³/mol. The van der Waals surface area contributed by atoms with Crippen LogP contribution in [0.2, 0.25) is 0 Å². The Balaban J connectivity index is 1.54. The zero-order valence-electron chi connectivity index (χ0n) is 18.8. The van der Waals surface area contributed by atoms with Gasteiger partial charge >= 0.3 is 5.97 Å². The van der Waals surface area contributed by atoms with Gasteiger partial charge in [0.25, 0.3) is 0 Å². The number of hydrogen-bond donors (Lipinski definition) is 3. The lowest BCUT2D eigenvalue weighted by molar-refractivity contribution is -0.234. The summed E-state index contributed by atoms with van der Waals surface area (Å²) in [6.07, 6.45) is -5.38. The average molecular weight is 487 g/mol. The third kappa shape index (κ3) is 5.37. The van der Waals surface area contributed by atoms with Crippen molar-refractivity contribution in [2.75, 3.05) is 6.61 Å². The molecule has 2 heterocycles. The molecular formula is C26H27FO6S. The minimum Gasteiger partial charge on any atom is -0.463 e. The zero-order chi connectivity index (χ0) is 24.4. The molecule has 2 aromatic carbocycles. The third-order valence-electron chi connectivity index (χ3n) is 6.02. The van der Waals surface area contributed by atoms with Crippen LogP contribution < -0.4 is 0 Å². The van der Waals surface area contributed by atoms with Crippen LogP contribution in [0.3, 0.4) is 0 Å². The molecule has 180 valence electrons. The van der Waals surface area contributed by atoms with Crippen LogP contribution in [0.5, 0.6) is 0 Å². The van der Waals surface area contributed by atoms with E-state index in [2.05, 4.69) is 0 Å². The fraction of sp³-hybridized carbons (Fsp3) is 0.346. The van der Waals surface area contributed by atoms with Gasteiger partial charge in [-0.05, 0) is 53.4 Å². The Kier molecular flexibility index (Phi) is 7.45. The van der Waals surface area contributed by atoms with E-state index in [-0.39, 0.29) is 12.4 Å². The number of carbonyl (C=O) groups is 1. The molecule has 1 saturated heterocycles. The Labute approximate surface area is 201 Å². The van der Waals surface area contributed by atoms with E-state index < -0.39 is 36.5 Å². The first-order chi connectivity index (χ1) is 16.2. The maximum Gasteiger partial charge on any atom is 0.302 e. The van der Waals surface area contributed by atoms with Crippen LogP contribution in [0.1, 0.15) is 34.6 Å². The first-order valence-electron chi connectivity index (χ1n) is 11.0. The quantitative estimate of drug-likeness (QED) is 0.462. The van der Waals surface area contributed by atoms with E-state index in [0.717, 1.165) is 26.4 Å². The summed E-state index contributed by atoms with van der Waals surface area (Å²) in [6.45, 7) is 3.01. The predicted octanol–water partition coefficient (Wildman–Crippen LogP) is 3.54. The van der Waals surface area contributed by atoms with Crippen molar-refractivity contribution in [3.05, 3.63) is 82.0 Å². The molecule has 3 aromatic rings. The molecule has 1 aliphatic rings. The van der Waals surface area contributed by atoms with Crippen molar-refractivity contribution in [3.8, 4) is 10.4 Å². The molecule has 0 saturated carbocycles. The highest BCUT2D eigenvalue weighted by atomic mass is 32.1. The van der Waals surface area contributed by atoms with E-state index in [1.54, 1.807) is 23.5 Å². The Bertz CT molecular complexity index is 1140. The number of aliphatic hydroxyl groups is 3. The topological polar surface area (TPSA) is 96.2 Å². The zero-order valence-corrected chi connectivity index (χ0v) is 19.7. The molecule has 0 radical (unpaired) electrons. The molecule has 3 N–H and O–H groups in total. The fourth-order valence-electron chi connectivity index (χ4n) is 4.05. The number of ether oxygens (including phenoxy) is 2. The molecule has 0 aliphatic carbocycles. The Hall–Kier alpha value is -2.62. The first-order valence-corrected chi connectivity index (χ1v) is 11.8. The summed E-state index contributed by atoms with van der Waals surface area (Å²) in [5, 5.41) is 31.2. The maximum absolute atomic E-state index is 13.2. The molecule has 0 spiro atoms. The van der Waals surface area contributed by atoms with Crippen LogP contribution in [0.25, 0.3) is 10.4 Å². The van der Waals surface area contributed by atoms with E-state index in [1.165, 1.54) is 19.1 Å². The van der Waals surface area contributed by atoms with Gasteiger partial charge in [0.2, 0.25) is 0 Å². The highest BCUT2D eigenvalue weighted by molar-refractivity contribution is 7.15. The molecule has 4 rings (SSSR count). The molecular weight excluding hydrogens is 459 g/mol. The smallest absolute Gasteiger partial charge is 0.302 e. The first kappa shape index (κ1) is 24.5. The molecule has 34 heavy (non-hydrogen) atoms. The number of thiophene rings is 1. The summed E-state index contributed by atoms with van der Waals surface area (Å²) in [4.78, 5) is 13.3. The van der Waals surface area contributed by atoms with Gasteiger partial charge in [-0.2, -0.15) is 0 Å². The number of aliphatic hydroxyl groups excluding tert-OH is 3. The molecule has 8 heteroatoms. The van der Waals surface area contributed by atoms with E-state index in [9.17, 15) is 24.5 Å². The number of halogens is 1. The van der Waals surface area contributed by atoms with E-state index in [0.29, 0.717) is 12.0 Å². The fourth-order valence-corrected chi connectivity index (χ4v) is 5.09. The molecule has 1 aliphatic heterocycles. The highest BCUT2D eigenvalue weighted by Gasteiger charge is 2.44. The van der Waals surface area contributed by atoms with Crippen LogP contribution in [-0.2, 0) is 20.7 Å². The summed E-state index contributed by atoms with van der Waals surface area (Å²) in [7, 11) is 0. The van der Waals surface area contributed by atoms with Crippen LogP contribution in [0, 0.1) is 12.7 Å². The summed E-state index contributed by atoms with van der Waals surface area (Å²) in [6, 6.07) is 16.1. The van der Waals surface area contributed by atoms with Gasteiger partial charge in [-0.25, -0.2) is 4.39 Å². The lowest BCUT2D eigenvalue weighted by atomic mass is 9.89. The number of hydrogen-bond acceptors (Lipinski definition) is 7. The normalized spacial score (nSPS) is 24.7. The summed E-state index contributed by atoms with van der Waals surface area (Å²) >= 11 is 1.62. The molecule has 1 fully saturated rings. The minimum absolute atomic E-state index is 0.225. The van der Waals surface area contributed by atoms with Gasteiger partial charge in [0.15, 0.2) is 0 Å². The van der Waals surface area contributed by atoms with Gasteiger partial charge < -0.3 is 24.8 Å². The molecule has 0 bridgehead atoms. The Morgan fingerprint density at radius 2 is 1.76 bits per heavy atom. The molecule has 5 atom stereocenters. The van der Waals surface area contributed by atoms with Gasteiger partial charge in [0.05, 0.1) is 0 Å². The van der Waals surface area contributed by atoms with E-state index in [4.69, 9.17) is 9.47 Å². The van der Waals surface area contributed by atoms with Crippen LogP contribution in [-0.4, -0.2) is 52.3 Å². The lowest BCUT2D eigenvalue weighted by Gasteiger charge is -2.40. The molecule has 1 aromatic heterocycles. The second kappa shape index (κ2) is 10.3. The Morgan fingerprint density at radius 3 is 2.47 bits per heavy atom. The second-order valence-corrected chi connectivity index (χ2v) is 9.67. The summed E-state index contributed by atoms with van der Waals surface area (Å²) < 4.78 is 24.1. The molecule has 0 unspecified atom stereocenters. The van der Waals surface area contributed by atoms with Crippen molar-refractivity contribution in [1.29, 1.82) is 0 Å². The van der Waals surface area contributed by atoms with Gasteiger partial charge in [-0.1, -0.05) is 30.3 Å². The monoisotopic (exact) mass is 486 g/mol. The number of benzene rings is 2. The number of aryl methyl sites for hydroxylation is 1. The minimum atomic E-state index is -1.44. The van der Waals surface area contributed by atoms with Gasteiger partial charge in [-0.3, -0.25) is 4.79 Å². The third-order valence-corrected chi connectivity index (χ3v) is 7.15. The standard InChI is InChI=1S/C26H27FO6S/c1-14-3-4-17(26-25(31)24(30)23(29)21(33-26)13-32-15(2)28)11-18(14)12-20-9-10-22(34-20)16-5-7-19(27)8-6-16/h3-11,21,23-26,29-31H,12-13H2,1-2H3/t21-,23+,24-,25+,26-/m0/s1. The van der Waals surface area contributed by atoms with Crippen LogP contribution in [0.4, 0.5) is 4.39 Å². The van der Waals surface area contributed by atoms with Crippen molar-refractivity contribution < 1.29 is 34.0 Å². The largest absolute Gasteiger partial charge is 0.463 e. The van der Waals surface area contributed by atoms with Crippen molar-refractivity contribution >= 4 is 17.3 Å². The summed E-state index contributed by atoms with van der Waals surface area (Å²) in [5.41, 5.74) is 3.69. The number of rotatable bonds is 6. The number of esters is 1. The van der Waals surface area contributed by atoms with Gasteiger partial charge in [-0.15, -0.1) is 11.3 Å². The maximum atomic E-state index is 13.2. The van der Waals surface area contributed by atoms with Gasteiger partial charge in [0.1, 0.15) is 42.9 Å².